The van der Waals surface area contributed by atoms with E-state index in [9.17, 15) is 4.79 Å². The van der Waals surface area contributed by atoms with Crippen LogP contribution in [-0.4, -0.2) is 12.6 Å². The molecule has 0 spiro atoms. The van der Waals surface area contributed by atoms with Crippen molar-refractivity contribution in [2.45, 2.75) is 144 Å². The van der Waals surface area contributed by atoms with Crippen LogP contribution in [0.1, 0.15) is 144 Å². The van der Waals surface area contributed by atoms with Gasteiger partial charge in [0.2, 0.25) is 0 Å². The van der Waals surface area contributed by atoms with Crippen LogP contribution in [0.2, 0.25) is 0 Å². The number of unbranched alkanes of at least 4 members (excludes halogenated alkanes) is 12. The second kappa shape index (κ2) is 18.3. The summed E-state index contributed by atoms with van der Waals surface area (Å²) in [5.41, 5.74) is 0.285. The minimum absolute atomic E-state index is 0.0123. The van der Waals surface area contributed by atoms with Gasteiger partial charge in [-0.05, 0) is 30.1 Å². The lowest BCUT2D eigenvalue weighted by Crippen LogP contribution is -2.16. The molecule has 0 aromatic heterocycles. The quantitative estimate of drug-likeness (QED) is 0.157. The Labute approximate surface area is 184 Å². The number of rotatable bonds is 19. The van der Waals surface area contributed by atoms with Crippen LogP contribution >= 0.6 is 0 Å². The van der Waals surface area contributed by atoms with E-state index < -0.39 is 0 Å². The molecule has 0 aliphatic carbocycles. The Morgan fingerprint density at radius 1 is 0.690 bits per heavy atom. The summed E-state index contributed by atoms with van der Waals surface area (Å²) >= 11 is 0. The molecule has 0 fully saturated rings. The molecule has 0 radical (unpaired) electrons. The average molecular weight is 411 g/mol. The zero-order valence-corrected chi connectivity index (χ0v) is 21.0. The minimum atomic E-state index is -0.0123. The highest BCUT2D eigenvalue weighted by atomic mass is 16.5. The SMILES string of the molecule is CC(C)CCCCCCCCCCCCCCCOC(=O)CC(C)CC(C)(C)C. The van der Waals surface area contributed by atoms with Crippen molar-refractivity contribution in [1.82, 2.24) is 0 Å². The van der Waals surface area contributed by atoms with Crippen LogP contribution in [0.15, 0.2) is 0 Å². The molecule has 0 amide bonds. The maximum Gasteiger partial charge on any atom is 0.306 e. The van der Waals surface area contributed by atoms with Gasteiger partial charge < -0.3 is 4.74 Å². The Balaban J connectivity index is 3.26. The van der Waals surface area contributed by atoms with E-state index in [-0.39, 0.29) is 11.4 Å². The molecule has 0 aromatic rings. The molecule has 0 saturated carbocycles. The van der Waals surface area contributed by atoms with E-state index in [0.717, 1.165) is 18.8 Å². The Morgan fingerprint density at radius 3 is 1.52 bits per heavy atom. The topological polar surface area (TPSA) is 26.3 Å². The fraction of sp³-hybridized carbons (Fsp3) is 0.963. The van der Waals surface area contributed by atoms with Crippen molar-refractivity contribution in [3.8, 4) is 0 Å². The number of esters is 1. The predicted octanol–water partition coefficient (Wildman–Crippen LogP) is 9.11. The fourth-order valence-electron chi connectivity index (χ4n) is 4.25. The Hall–Kier alpha value is -0.530. The van der Waals surface area contributed by atoms with Gasteiger partial charge in [0.05, 0.1) is 6.61 Å². The summed E-state index contributed by atoms with van der Waals surface area (Å²) in [4.78, 5) is 11.9. The molecule has 0 heterocycles. The molecule has 2 nitrogen and oxygen atoms in total. The smallest absolute Gasteiger partial charge is 0.306 e. The average Bonchev–Trinajstić information content (AvgIpc) is 2.59. The highest BCUT2D eigenvalue weighted by molar-refractivity contribution is 5.69. The van der Waals surface area contributed by atoms with E-state index >= 15 is 0 Å². The number of ether oxygens (including phenoxy) is 1. The molecule has 0 aromatic carbocycles. The Bertz CT molecular complexity index is 367. The third-order valence-corrected chi connectivity index (χ3v) is 5.66. The molecule has 0 N–H and O–H groups in total. The number of carbonyl (C=O) groups excluding carboxylic acids is 1. The fourth-order valence-corrected chi connectivity index (χ4v) is 4.25. The van der Waals surface area contributed by atoms with Crippen molar-refractivity contribution in [1.29, 1.82) is 0 Å². The van der Waals surface area contributed by atoms with Crippen molar-refractivity contribution in [3.63, 3.8) is 0 Å². The van der Waals surface area contributed by atoms with Crippen LogP contribution in [0.25, 0.3) is 0 Å². The molecule has 0 saturated heterocycles. The first-order chi connectivity index (χ1) is 13.7. The first-order valence-corrected chi connectivity index (χ1v) is 12.9. The van der Waals surface area contributed by atoms with Gasteiger partial charge >= 0.3 is 5.97 Å². The predicted molar refractivity (Wildman–Crippen MR) is 128 cm³/mol. The Morgan fingerprint density at radius 2 is 1.10 bits per heavy atom. The third kappa shape index (κ3) is 23.6. The molecule has 0 aliphatic heterocycles. The van der Waals surface area contributed by atoms with Gasteiger partial charge in [-0.15, -0.1) is 0 Å². The summed E-state index contributed by atoms with van der Waals surface area (Å²) in [7, 11) is 0. The van der Waals surface area contributed by atoms with E-state index in [1.807, 2.05) is 0 Å². The van der Waals surface area contributed by atoms with Gasteiger partial charge in [-0.3, -0.25) is 4.79 Å². The van der Waals surface area contributed by atoms with E-state index in [1.165, 1.54) is 83.5 Å². The van der Waals surface area contributed by atoms with Crippen molar-refractivity contribution in [2.24, 2.45) is 17.3 Å². The van der Waals surface area contributed by atoms with E-state index in [0.29, 0.717) is 18.9 Å². The monoisotopic (exact) mass is 410 g/mol. The van der Waals surface area contributed by atoms with Gasteiger partial charge in [0.25, 0.3) is 0 Å². The Kier molecular flexibility index (Phi) is 17.9. The van der Waals surface area contributed by atoms with E-state index in [4.69, 9.17) is 4.74 Å². The minimum Gasteiger partial charge on any atom is -0.466 e. The van der Waals surface area contributed by atoms with Gasteiger partial charge in [0.15, 0.2) is 0 Å². The lowest BCUT2D eigenvalue weighted by Gasteiger charge is -2.22. The summed E-state index contributed by atoms with van der Waals surface area (Å²) in [5, 5.41) is 0. The van der Waals surface area contributed by atoms with Crippen LogP contribution in [0.3, 0.4) is 0 Å². The lowest BCUT2D eigenvalue weighted by atomic mass is 9.84. The number of hydrogen-bond acceptors (Lipinski definition) is 2. The van der Waals surface area contributed by atoms with Crippen LogP contribution < -0.4 is 0 Å². The standard InChI is InChI=1S/C27H54O2/c1-24(2)20-18-16-14-12-10-8-7-9-11-13-15-17-19-21-29-26(28)22-25(3)23-27(4,5)6/h24-25H,7-23H2,1-6H3. The third-order valence-electron chi connectivity index (χ3n) is 5.66. The first kappa shape index (κ1) is 28.5. The molecule has 0 aliphatic rings. The second-order valence-electron chi connectivity index (χ2n) is 11.1. The van der Waals surface area contributed by atoms with Gasteiger partial charge in [-0.25, -0.2) is 0 Å². The molecule has 0 bridgehead atoms. The van der Waals surface area contributed by atoms with Crippen molar-refractivity contribution < 1.29 is 9.53 Å². The summed E-state index contributed by atoms with van der Waals surface area (Å²) in [6.07, 6.45) is 20.7. The molecular weight excluding hydrogens is 356 g/mol. The number of carbonyl (C=O) groups is 1. The molecule has 174 valence electrons. The second-order valence-corrected chi connectivity index (χ2v) is 11.1. The van der Waals surface area contributed by atoms with Gasteiger partial charge in [0.1, 0.15) is 0 Å². The van der Waals surface area contributed by atoms with Gasteiger partial charge in [0, 0.05) is 6.42 Å². The van der Waals surface area contributed by atoms with E-state index in [1.54, 1.807) is 0 Å². The van der Waals surface area contributed by atoms with Crippen LogP contribution in [0.4, 0.5) is 0 Å². The molecular formula is C27H54O2. The van der Waals surface area contributed by atoms with Crippen molar-refractivity contribution in [3.05, 3.63) is 0 Å². The van der Waals surface area contributed by atoms with E-state index in [2.05, 4.69) is 41.5 Å². The molecule has 1 atom stereocenters. The van der Waals surface area contributed by atoms with Gasteiger partial charge in [-0.1, -0.05) is 125 Å². The highest BCUT2D eigenvalue weighted by Crippen LogP contribution is 2.26. The summed E-state index contributed by atoms with van der Waals surface area (Å²) < 4.78 is 5.41. The first-order valence-electron chi connectivity index (χ1n) is 12.9. The maximum absolute atomic E-state index is 11.9. The zero-order chi connectivity index (χ0) is 22.0. The van der Waals surface area contributed by atoms with Crippen LogP contribution in [0, 0.1) is 17.3 Å². The van der Waals surface area contributed by atoms with Crippen molar-refractivity contribution in [2.75, 3.05) is 6.61 Å². The summed E-state index contributed by atoms with van der Waals surface area (Å²) in [6, 6.07) is 0. The molecule has 0 rings (SSSR count). The number of hydrogen-bond donors (Lipinski definition) is 0. The molecule has 29 heavy (non-hydrogen) atoms. The maximum atomic E-state index is 11.9. The molecule has 2 heteroatoms. The lowest BCUT2D eigenvalue weighted by molar-refractivity contribution is -0.144. The van der Waals surface area contributed by atoms with Crippen LogP contribution in [-0.2, 0) is 9.53 Å². The largest absolute Gasteiger partial charge is 0.466 e. The van der Waals surface area contributed by atoms with Crippen LogP contribution in [0.5, 0.6) is 0 Å². The molecule has 1 unspecified atom stereocenters. The van der Waals surface area contributed by atoms with Crippen molar-refractivity contribution >= 4 is 5.97 Å². The van der Waals surface area contributed by atoms with Gasteiger partial charge in [-0.2, -0.15) is 0 Å². The zero-order valence-electron chi connectivity index (χ0n) is 21.0. The summed E-state index contributed by atoms with van der Waals surface area (Å²) in [6.45, 7) is 14.1. The summed E-state index contributed by atoms with van der Waals surface area (Å²) in [5.74, 6) is 1.27. The highest BCUT2D eigenvalue weighted by Gasteiger charge is 2.18. The normalized spacial score (nSPS) is 13.1.